The summed E-state index contributed by atoms with van der Waals surface area (Å²) in [6.45, 7) is 0. The molecule has 0 amide bonds. The Balaban J connectivity index is 2.51. The maximum atomic E-state index is 13.3. The van der Waals surface area contributed by atoms with Crippen LogP contribution in [0.2, 0.25) is 0 Å². The second-order valence-electron chi connectivity index (χ2n) is 3.51. The van der Waals surface area contributed by atoms with Gasteiger partial charge in [0.15, 0.2) is 29.0 Å². The fourth-order valence-electron chi connectivity index (χ4n) is 1.33. The van der Waals surface area contributed by atoms with Crippen molar-refractivity contribution in [1.82, 2.24) is 0 Å². The molecule has 0 spiro atoms. The molecule has 0 saturated carbocycles. The maximum absolute atomic E-state index is 13.3. The minimum absolute atomic E-state index is 0.348. The molecule has 0 aliphatic rings. The van der Waals surface area contributed by atoms with Gasteiger partial charge in [0, 0.05) is 12.1 Å². The highest BCUT2D eigenvalue weighted by atomic mass is 19.2. The number of hydrogen-bond donors (Lipinski definition) is 1. The van der Waals surface area contributed by atoms with Crippen LogP contribution in [-0.2, 0) is 0 Å². The van der Waals surface area contributed by atoms with Crippen LogP contribution in [0.4, 0.5) is 22.0 Å². The molecule has 0 aliphatic heterocycles. The fourth-order valence-corrected chi connectivity index (χ4v) is 1.33. The van der Waals surface area contributed by atoms with Crippen LogP contribution in [-0.4, -0.2) is 5.11 Å². The first-order valence-corrected chi connectivity index (χ1v) is 4.89. The second kappa shape index (κ2) is 4.75. The van der Waals surface area contributed by atoms with E-state index in [9.17, 15) is 27.1 Å². The lowest BCUT2D eigenvalue weighted by Crippen LogP contribution is -1.97. The molecule has 0 aliphatic carbocycles. The van der Waals surface area contributed by atoms with E-state index in [1.165, 1.54) is 0 Å². The molecule has 2 aromatic carbocycles. The topological polar surface area (TPSA) is 29.5 Å². The number of hydrogen-bond acceptors (Lipinski definition) is 2. The van der Waals surface area contributed by atoms with Crippen LogP contribution >= 0.6 is 0 Å². The van der Waals surface area contributed by atoms with Crippen LogP contribution in [0.15, 0.2) is 24.3 Å². The monoisotopic (exact) mass is 276 g/mol. The molecule has 0 saturated heterocycles. The zero-order valence-electron chi connectivity index (χ0n) is 9.05. The molecule has 2 rings (SSSR count). The zero-order chi connectivity index (χ0) is 14.2. The lowest BCUT2D eigenvalue weighted by atomic mass is 10.2. The van der Waals surface area contributed by atoms with Crippen LogP contribution in [0.5, 0.6) is 17.2 Å². The van der Waals surface area contributed by atoms with Gasteiger partial charge in [0.2, 0.25) is 11.6 Å². The molecule has 0 heterocycles. The Labute approximate surface area is 103 Å². The summed E-state index contributed by atoms with van der Waals surface area (Å²) in [5.74, 6) is -10.1. The first kappa shape index (κ1) is 13.1. The summed E-state index contributed by atoms with van der Waals surface area (Å²) < 4.78 is 69.8. The molecule has 100 valence electrons. The average Bonchev–Trinajstić information content (AvgIpc) is 2.35. The van der Waals surface area contributed by atoms with Crippen molar-refractivity contribution in [2.75, 3.05) is 0 Å². The van der Waals surface area contributed by atoms with Crippen molar-refractivity contribution in [3.63, 3.8) is 0 Å². The van der Waals surface area contributed by atoms with E-state index in [-0.39, 0.29) is 0 Å². The van der Waals surface area contributed by atoms with Gasteiger partial charge >= 0.3 is 0 Å². The van der Waals surface area contributed by atoms with Gasteiger partial charge in [0.1, 0.15) is 5.82 Å². The van der Waals surface area contributed by atoms with Gasteiger partial charge in [-0.25, -0.2) is 17.6 Å². The molecule has 1 N–H and O–H groups in total. The summed E-state index contributed by atoms with van der Waals surface area (Å²) in [5, 5.41) is 9.23. The Morgan fingerprint density at radius 2 is 1.47 bits per heavy atom. The Morgan fingerprint density at radius 1 is 0.842 bits per heavy atom. The summed E-state index contributed by atoms with van der Waals surface area (Å²) >= 11 is 0. The second-order valence-corrected chi connectivity index (χ2v) is 3.51. The Hall–Kier alpha value is -2.31. The normalized spacial score (nSPS) is 10.6. The van der Waals surface area contributed by atoms with E-state index in [4.69, 9.17) is 0 Å². The molecule has 19 heavy (non-hydrogen) atoms. The van der Waals surface area contributed by atoms with E-state index in [0.29, 0.717) is 24.3 Å². The van der Waals surface area contributed by atoms with Gasteiger partial charge in [-0.3, -0.25) is 0 Å². The van der Waals surface area contributed by atoms with Crippen molar-refractivity contribution in [2.45, 2.75) is 0 Å². The van der Waals surface area contributed by atoms with Gasteiger partial charge in [-0.1, -0.05) is 0 Å². The lowest BCUT2D eigenvalue weighted by molar-refractivity contribution is 0.350. The molecule has 7 heteroatoms. The highest BCUT2D eigenvalue weighted by molar-refractivity contribution is 5.43. The average molecular weight is 276 g/mol. The van der Waals surface area contributed by atoms with Crippen LogP contribution in [0.1, 0.15) is 0 Å². The highest BCUT2D eigenvalue weighted by Crippen LogP contribution is 2.36. The summed E-state index contributed by atoms with van der Waals surface area (Å²) in [6, 6.07) is 1.94. The summed E-state index contributed by atoms with van der Waals surface area (Å²) in [7, 11) is 0. The minimum Gasteiger partial charge on any atom is -0.502 e. The lowest BCUT2D eigenvalue weighted by Gasteiger charge is -2.10. The number of ether oxygens (including phenoxy) is 1. The fraction of sp³-hybridized carbons (Fsp3) is 0. The first-order chi connectivity index (χ1) is 8.90. The van der Waals surface area contributed by atoms with Crippen LogP contribution in [0.25, 0.3) is 0 Å². The predicted molar refractivity (Wildman–Crippen MR) is 54.4 cm³/mol. The van der Waals surface area contributed by atoms with Crippen molar-refractivity contribution < 1.29 is 31.8 Å². The number of phenols is 1. The number of aromatic hydroxyl groups is 1. The number of benzene rings is 2. The van der Waals surface area contributed by atoms with Gasteiger partial charge in [0.25, 0.3) is 0 Å². The third-order valence-corrected chi connectivity index (χ3v) is 2.21. The SMILES string of the molecule is Oc1c(F)cc(F)cc1Oc1c(F)ccc(F)c1F. The third-order valence-electron chi connectivity index (χ3n) is 2.21. The molecule has 2 aromatic rings. The Kier molecular flexibility index (Phi) is 3.28. The molecule has 0 unspecified atom stereocenters. The van der Waals surface area contributed by atoms with Crippen LogP contribution in [0, 0.1) is 29.1 Å². The van der Waals surface area contributed by atoms with Crippen molar-refractivity contribution in [3.05, 3.63) is 53.4 Å². The summed E-state index contributed by atoms with van der Waals surface area (Å²) in [4.78, 5) is 0. The van der Waals surface area contributed by atoms with E-state index in [2.05, 4.69) is 4.74 Å². The molecule has 2 nitrogen and oxygen atoms in total. The van der Waals surface area contributed by atoms with Gasteiger partial charge in [-0.15, -0.1) is 0 Å². The predicted octanol–water partition coefficient (Wildman–Crippen LogP) is 3.88. The number of halogens is 5. The van der Waals surface area contributed by atoms with Crippen molar-refractivity contribution >= 4 is 0 Å². The summed E-state index contributed by atoms with van der Waals surface area (Å²) in [5.41, 5.74) is 0. The van der Waals surface area contributed by atoms with Gasteiger partial charge in [-0.05, 0) is 12.1 Å². The van der Waals surface area contributed by atoms with E-state index in [0.717, 1.165) is 0 Å². The van der Waals surface area contributed by atoms with E-state index in [1.54, 1.807) is 0 Å². The maximum Gasteiger partial charge on any atom is 0.204 e. The van der Waals surface area contributed by atoms with Crippen molar-refractivity contribution in [3.8, 4) is 17.2 Å². The smallest absolute Gasteiger partial charge is 0.204 e. The molecule has 0 radical (unpaired) electrons. The van der Waals surface area contributed by atoms with E-state index >= 15 is 0 Å². The largest absolute Gasteiger partial charge is 0.502 e. The standard InChI is InChI=1S/C12H5F5O2/c13-5-3-8(16)11(18)9(4-5)19-12-7(15)2-1-6(14)10(12)17/h1-4,18H. The van der Waals surface area contributed by atoms with E-state index in [1.807, 2.05) is 0 Å². The number of phenolic OH excluding ortho intramolecular Hbond substituents is 1. The van der Waals surface area contributed by atoms with Gasteiger partial charge < -0.3 is 9.84 Å². The first-order valence-electron chi connectivity index (χ1n) is 4.89. The van der Waals surface area contributed by atoms with Crippen LogP contribution < -0.4 is 4.74 Å². The van der Waals surface area contributed by atoms with E-state index < -0.39 is 46.3 Å². The van der Waals surface area contributed by atoms with Crippen molar-refractivity contribution in [1.29, 1.82) is 0 Å². The number of rotatable bonds is 2. The highest BCUT2D eigenvalue weighted by Gasteiger charge is 2.19. The van der Waals surface area contributed by atoms with Gasteiger partial charge in [0.05, 0.1) is 0 Å². The summed E-state index contributed by atoms with van der Waals surface area (Å²) in [6.07, 6.45) is 0. The molecule has 0 bridgehead atoms. The molecule has 0 aromatic heterocycles. The zero-order valence-corrected chi connectivity index (χ0v) is 9.05. The Bertz CT molecular complexity index is 643. The third kappa shape index (κ3) is 2.44. The molecular formula is C12H5F5O2. The molecule has 0 fully saturated rings. The van der Waals surface area contributed by atoms with Gasteiger partial charge in [-0.2, -0.15) is 4.39 Å². The Morgan fingerprint density at radius 3 is 2.16 bits per heavy atom. The minimum atomic E-state index is -1.68. The molecular weight excluding hydrogens is 271 g/mol. The van der Waals surface area contributed by atoms with Crippen molar-refractivity contribution in [2.24, 2.45) is 0 Å². The quantitative estimate of drug-likeness (QED) is 0.666. The molecule has 0 atom stereocenters. The van der Waals surface area contributed by atoms with Crippen LogP contribution in [0.3, 0.4) is 0 Å².